The molecule has 1 aliphatic carbocycles. The van der Waals surface area contributed by atoms with Crippen LogP contribution in [-0.4, -0.2) is 50.3 Å². The summed E-state index contributed by atoms with van der Waals surface area (Å²) >= 11 is 0. The molecule has 0 bridgehead atoms. The van der Waals surface area contributed by atoms with Crippen LogP contribution in [0, 0.1) is 10.8 Å². The maximum Gasteiger partial charge on any atom is 0.324 e. The third kappa shape index (κ3) is 7.35. The van der Waals surface area contributed by atoms with Crippen molar-refractivity contribution in [3.8, 4) is 0 Å². The largest absolute Gasteiger partial charge is 0.465 e. The molecule has 0 aromatic rings. The number of esters is 4. The topological polar surface area (TPSA) is 105 Å². The Balaban J connectivity index is 0.000000604. The normalized spacial score (nSPS) is 13.8. The maximum absolute atomic E-state index is 11.9. The average Bonchev–Trinajstić information content (AvgIpc) is 3.26. The summed E-state index contributed by atoms with van der Waals surface area (Å²) in [7, 11) is 0. The first-order valence-electron chi connectivity index (χ1n) is 10.8. The van der Waals surface area contributed by atoms with Crippen molar-refractivity contribution in [2.24, 2.45) is 10.8 Å². The lowest BCUT2D eigenvalue weighted by atomic mass is 9.81. The second-order valence-corrected chi connectivity index (χ2v) is 6.91. The lowest BCUT2D eigenvalue weighted by Crippen LogP contribution is -2.41. The van der Waals surface area contributed by atoms with Gasteiger partial charge in [-0.05, 0) is 53.4 Å². The van der Waals surface area contributed by atoms with E-state index in [0.29, 0.717) is 12.8 Å². The Kier molecular flexibility index (Phi) is 13.6. The van der Waals surface area contributed by atoms with Crippen LogP contribution >= 0.6 is 0 Å². The van der Waals surface area contributed by atoms with Crippen LogP contribution in [-0.2, 0) is 38.1 Å². The molecule has 0 radical (unpaired) electrons. The molecule has 0 amide bonds. The monoisotopic (exact) mass is 452 g/mol. The molecule has 0 saturated carbocycles. The predicted octanol–water partition coefficient (Wildman–Crippen LogP) is 3.70. The van der Waals surface area contributed by atoms with Gasteiger partial charge in [-0.25, -0.2) is 0 Å². The first-order valence-corrected chi connectivity index (χ1v) is 10.8. The van der Waals surface area contributed by atoms with E-state index in [2.05, 4.69) is 13.2 Å². The van der Waals surface area contributed by atoms with E-state index in [1.54, 1.807) is 27.7 Å². The average molecular weight is 453 g/mol. The molecule has 0 unspecified atom stereocenters. The summed E-state index contributed by atoms with van der Waals surface area (Å²) in [5.74, 6) is -2.13. The summed E-state index contributed by atoms with van der Waals surface area (Å²) in [6.07, 6.45) is 7.76. The molecule has 8 heteroatoms. The van der Waals surface area contributed by atoms with Gasteiger partial charge in [0.15, 0.2) is 10.8 Å². The van der Waals surface area contributed by atoms with Crippen molar-refractivity contribution >= 4 is 23.9 Å². The van der Waals surface area contributed by atoms with Gasteiger partial charge in [0.25, 0.3) is 0 Å². The van der Waals surface area contributed by atoms with Crippen molar-refractivity contribution < 1.29 is 38.1 Å². The summed E-state index contributed by atoms with van der Waals surface area (Å²) < 4.78 is 19.7. The lowest BCUT2D eigenvalue weighted by molar-refractivity contribution is -0.173. The highest BCUT2D eigenvalue weighted by Crippen LogP contribution is 2.36. The third-order valence-electron chi connectivity index (χ3n) is 4.75. The van der Waals surface area contributed by atoms with E-state index in [0.717, 1.165) is 0 Å². The van der Waals surface area contributed by atoms with E-state index in [1.165, 1.54) is 12.2 Å². The maximum atomic E-state index is 11.9. The van der Waals surface area contributed by atoms with Crippen LogP contribution in [0.25, 0.3) is 0 Å². The van der Waals surface area contributed by atoms with Gasteiger partial charge in [0.1, 0.15) is 0 Å². The minimum atomic E-state index is -1.34. The Morgan fingerprint density at radius 3 is 1.38 bits per heavy atom. The zero-order valence-electron chi connectivity index (χ0n) is 19.6. The van der Waals surface area contributed by atoms with Gasteiger partial charge in [0.05, 0.1) is 26.4 Å². The number of carbonyl (C=O) groups excluding carboxylic acids is 4. The molecule has 0 aromatic carbocycles. The van der Waals surface area contributed by atoms with E-state index >= 15 is 0 Å². The van der Waals surface area contributed by atoms with Crippen LogP contribution in [0.2, 0.25) is 0 Å². The number of hydrogen-bond donors (Lipinski definition) is 0. The summed E-state index contributed by atoms with van der Waals surface area (Å²) in [4.78, 5) is 47.3. The van der Waals surface area contributed by atoms with Crippen LogP contribution in [0.1, 0.15) is 53.4 Å². The smallest absolute Gasteiger partial charge is 0.324 e. The summed E-state index contributed by atoms with van der Waals surface area (Å²) in [6, 6.07) is 0. The van der Waals surface area contributed by atoms with Gasteiger partial charge in [-0.1, -0.05) is 24.3 Å². The van der Waals surface area contributed by atoms with Crippen molar-refractivity contribution in [3.05, 3.63) is 37.5 Å². The zero-order chi connectivity index (χ0) is 24.6. The van der Waals surface area contributed by atoms with E-state index in [1.807, 2.05) is 12.2 Å². The van der Waals surface area contributed by atoms with Gasteiger partial charge in [-0.3, -0.25) is 19.2 Å². The Morgan fingerprint density at radius 2 is 1.09 bits per heavy atom. The van der Waals surface area contributed by atoms with E-state index in [9.17, 15) is 19.2 Å². The minimum absolute atomic E-state index is 0.177. The summed E-state index contributed by atoms with van der Waals surface area (Å²) in [5, 5.41) is 0. The lowest BCUT2D eigenvalue weighted by Gasteiger charge is -2.26. The molecule has 0 aliphatic heterocycles. The molecule has 0 saturated heterocycles. The zero-order valence-corrected chi connectivity index (χ0v) is 19.6. The van der Waals surface area contributed by atoms with Crippen LogP contribution in [0.5, 0.6) is 0 Å². The molecule has 8 nitrogen and oxygen atoms in total. The Bertz CT molecular complexity index is 634. The Hall–Kier alpha value is -2.90. The highest BCUT2D eigenvalue weighted by molar-refractivity contribution is 6.01. The van der Waals surface area contributed by atoms with Gasteiger partial charge in [0, 0.05) is 0 Å². The molecule has 1 aliphatic rings. The van der Waals surface area contributed by atoms with E-state index < -0.39 is 34.7 Å². The Morgan fingerprint density at radius 1 is 0.750 bits per heavy atom. The van der Waals surface area contributed by atoms with Crippen LogP contribution in [0.3, 0.4) is 0 Å². The van der Waals surface area contributed by atoms with Crippen LogP contribution < -0.4 is 0 Å². The summed E-state index contributed by atoms with van der Waals surface area (Å²) in [5.41, 5.74) is -2.46. The van der Waals surface area contributed by atoms with Crippen molar-refractivity contribution in [1.82, 2.24) is 0 Å². The number of rotatable bonds is 12. The first kappa shape index (κ1) is 29.1. The SMILES string of the molecule is C=CCC(CC=C)(C(=O)OCC)C(=O)OCC.CCOC(=O)C1(C(=O)OCC)CC=CC1. The molecule has 1 rings (SSSR count). The van der Waals surface area contributed by atoms with Gasteiger partial charge in [-0.2, -0.15) is 0 Å². The molecule has 0 spiro atoms. The molecule has 32 heavy (non-hydrogen) atoms. The van der Waals surface area contributed by atoms with E-state index in [-0.39, 0.29) is 39.3 Å². The number of allylic oxidation sites excluding steroid dienone is 4. The molecule has 0 heterocycles. The molecule has 0 atom stereocenters. The predicted molar refractivity (Wildman–Crippen MR) is 119 cm³/mol. The standard InChI is InChI=1S/C13H20O4.C11H16O4/c1-5-9-13(10-6-2,11(14)16-7-3)12(15)17-8-4;1-3-14-9(12)11(7-5-6-8-11)10(13)15-4-2/h5-6H,1-2,7-10H2,3-4H3;5-6H,3-4,7-8H2,1-2H3. The number of carbonyl (C=O) groups is 4. The van der Waals surface area contributed by atoms with Crippen molar-refractivity contribution in [3.63, 3.8) is 0 Å². The molecular formula is C24H36O8. The fourth-order valence-electron chi connectivity index (χ4n) is 3.14. The van der Waals surface area contributed by atoms with Gasteiger partial charge in [-0.15, -0.1) is 13.2 Å². The fourth-order valence-corrected chi connectivity index (χ4v) is 3.14. The minimum Gasteiger partial charge on any atom is -0.465 e. The second-order valence-electron chi connectivity index (χ2n) is 6.91. The molecular weight excluding hydrogens is 416 g/mol. The van der Waals surface area contributed by atoms with Crippen molar-refractivity contribution in [2.45, 2.75) is 53.4 Å². The van der Waals surface area contributed by atoms with Crippen LogP contribution in [0.15, 0.2) is 37.5 Å². The molecule has 180 valence electrons. The molecule has 0 N–H and O–H groups in total. The van der Waals surface area contributed by atoms with Crippen molar-refractivity contribution in [2.75, 3.05) is 26.4 Å². The van der Waals surface area contributed by atoms with Crippen LogP contribution in [0.4, 0.5) is 0 Å². The highest BCUT2D eigenvalue weighted by atomic mass is 16.6. The van der Waals surface area contributed by atoms with Gasteiger partial charge in [0.2, 0.25) is 0 Å². The number of hydrogen-bond acceptors (Lipinski definition) is 8. The second kappa shape index (κ2) is 15.0. The third-order valence-corrected chi connectivity index (χ3v) is 4.75. The Labute approximate surface area is 190 Å². The molecule has 0 fully saturated rings. The van der Waals surface area contributed by atoms with E-state index in [4.69, 9.17) is 18.9 Å². The quantitative estimate of drug-likeness (QED) is 0.191. The molecule has 0 aromatic heterocycles. The highest BCUT2D eigenvalue weighted by Gasteiger charge is 2.49. The van der Waals surface area contributed by atoms with Gasteiger partial charge < -0.3 is 18.9 Å². The van der Waals surface area contributed by atoms with Crippen molar-refractivity contribution in [1.29, 1.82) is 0 Å². The first-order chi connectivity index (χ1) is 15.3. The summed E-state index contributed by atoms with van der Waals surface area (Å²) in [6.45, 7) is 14.9. The fraction of sp³-hybridized carbons (Fsp3) is 0.583. The number of ether oxygens (including phenoxy) is 4. The van der Waals surface area contributed by atoms with Gasteiger partial charge >= 0.3 is 23.9 Å².